The van der Waals surface area contributed by atoms with Crippen LogP contribution < -0.4 is 0 Å². The zero-order valence-corrected chi connectivity index (χ0v) is 14.8. The molecule has 1 heterocycles. The van der Waals surface area contributed by atoms with Crippen molar-refractivity contribution in [3.63, 3.8) is 0 Å². The van der Waals surface area contributed by atoms with E-state index in [1.807, 2.05) is 0 Å². The number of hydrogen-bond acceptors (Lipinski definition) is 3. The molecule has 1 aliphatic heterocycles. The second-order valence-electron chi connectivity index (χ2n) is 8.50. The van der Waals surface area contributed by atoms with Crippen LogP contribution in [0.15, 0.2) is 0 Å². The SMILES string of the molecule is CC1CN(C2CC(C(C)(C)C)CCC2C#N)CC(C)N1C. The van der Waals surface area contributed by atoms with E-state index in [0.29, 0.717) is 23.5 Å². The van der Waals surface area contributed by atoms with Gasteiger partial charge in [-0.1, -0.05) is 20.8 Å². The molecule has 5 atom stereocenters. The van der Waals surface area contributed by atoms with Crippen LogP contribution in [-0.4, -0.2) is 48.1 Å². The van der Waals surface area contributed by atoms with Gasteiger partial charge in [-0.25, -0.2) is 0 Å². The molecule has 0 amide bonds. The van der Waals surface area contributed by atoms with Crippen LogP contribution in [0.25, 0.3) is 0 Å². The number of hydrogen-bond donors (Lipinski definition) is 0. The standard InChI is InChI=1S/C18H33N3/c1-13-11-21(12-14(2)20(13)6)17-9-16(18(3,4)5)8-7-15(17)10-19/h13-17H,7-9,11-12H2,1-6H3. The smallest absolute Gasteiger partial charge is 0.0672 e. The van der Waals surface area contributed by atoms with Crippen molar-refractivity contribution in [1.82, 2.24) is 9.80 Å². The van der Waals surface area contributed by atoms with E-state index in [2.05, 4.69) is 57.5 Å². The van der Waals surface area contributed by atoms with Crippen molar-refractivity contribution in [2.75, 3.05) is 20.1 Å². The molecule has 2 rings (SSSR count). The molecule has 0 aromatic carbocycles. The summed E-state index contributed by atoms with van der Waals surface area (Å²) in [4.78, 5) is 5.10. The number of nitrogens with zero attached hydrogens (tertiary/aromatic N) is 3. The van der Waals surface area contributed by atoms with E-state index in [1.165, 1.54) is 12.8 Å². The molecule has 0 N–H and O–H groups in total. The molecule has 1 saturated heterocycles. The van der Waals surface area contributed by atoms with E-state index >= 15 is 0 Å². The summed E-state index contributed by atoms with van der Waals surface area (Å²) < 4.78 is 0. The minimum Gasteiger partial charge on any atom is -0.298 e. The minimum absolute atomic E-state index is 0.228. The first-order valence-electron chi connectivity index (χ1n) is 8.59. The van der Waals surface area contributed by atoms with Crippen LogP contribution in [0.3, 0.4) is 0 Å². The predicted octanol–water partition coefficient (Wildman–Crippen LogP) is 3.37. The van der Waals surface area contributed by atoms with Gasteiger partial charge in [0.1, 0.15) is 0 Å². The van der Waals surface area contributed by atoms with Crippen LogP contribution in [0.4, 0.5) is 0 Å². The predicted molar refractivity (Wildman–Crippen MR) is 87.9 cm³/mol. The van der Waals surface area contributed by atoms with Crippen LogP contribution in [-0.2, 0) is 0 Å². The summed E-state index contributed by atoms with van der Waals surface area (Å²) >= 11 is 0. The Kier molecular flexibility index (Phi) is 5.00. The molecule has 1 saturated carbocycles. The fourth-order valence-electron chi connectivity index (χ4n) is 4.20. The van der Waals surface area contributed by atoms with Crippen molar-refractivity contribution in [2.45, 2.75) is 72.0 Å². The highest BCUT2D eigenvalue weighted by atomic mass is 15.3. The van der Waals surface area contributed by atoms with Gasteiger partial charge in [0.15, 0.2) is 0 Å². The number of likely N-dealkylation sites (N-methyl/N-ethyl adjacent to an activating group) is 1. The highest BCUT2D eigenvalue weighted by molar-refractivity contribution is 5.01. The van der Waals surface area contributed by atoms with Crippen molar-refractivity contribution in [3.05, 3.63) is 0 Å². The number of piperazine rings is 1. The largest absolute Gasteiger partial charge is 0.298 e. The van der Waals surface area contributed by atoms with Gasteiger partial charge in [0, 0.05) is 31.2 Å². The fourth-order valence-corrected chi connectivity index (χ4v) is 4.20. The Hall–Kier alpha value is -0.590. The van der Waals surface area contributed by atoms with Crippen LogP contribution in [0.5, 0.6) is 0 Å². The Balaban J connectivity index is 2.13. The van der Waals surface area contributed by atoms with Gasteiger partial charge < -0.3 is 0 Å². The third-order valence-corrected chi connectivity index (χ3v) is 6.06. The van der Waals surface area contributed by atoms with Crippen molar-refractivity contribution < 1.29 is 0 Å². The summed E-state index contributed by atoms with van der Waals surface area (Å²) in [5.74, 6) is 0.976. The molecule has 0 bridgehead atoms. The van der Waals surface area contributed by atoms with Crippen LogP contribution in [0.1, 0.15) is 53.9 Å². The summed E-state index contributed by atoms with van der Waals surface area (Å²) in [6.45, 7) is 13.9. The summed E-state index contributed by atoms with van der Waals surface area (Å²) in [6.07, 6.45) is 3.50. The summed E-state index contributed by atoms with van der Waals surface area (Å²) in [5.41, 5.74) is 0.364. The van der Waals surface area contributed by atoms with E-state index in [1.54, 1.807) is 0 Å². The number of nitriles is 1. The van der Waals surface area contributed by atoms with Crippen molar-refractivity contribution in [1.29, 1.82) is 5.26 Å². The maximum Gasteiger partial charge on any atom is 0.0672 e. The second kappa shape index (κ2) is 6.26. The fraction of sp³-hybridized carbons (Fsp3) is 0.944. The Morgan fingerprint density at radius 3 is 2.10 bits per heavy atom. The molecule has 2 aliphatic rings. The molecular weight excluding hydrogens is 258 g/mol. The maximum absolute atomic E-state index is 9.58. The zero-order valence-electron chi connectivity index (χ0n) is 14.8. The molecule has 0 radical (unpaired) electrons. The molecule has 5 unspecified atom stereocenters. The third-order valence-electron chi connectivity index (χ3n) is 6.06. The molecule has 2 fully saturated rings. The lowest BCUT2D eigenvalue weighted by Crippen LogP contribution is -2.59. The third kappa shape index (κ3) is 3.60. The topological polar surface area (TPSA) is 30.3 Å². The molecule has 0 spiro atoms. The van der Waals surface area contributed by atoms with Crippen molar-refractivity contribution in [2.24, 2.45) is 17.3 Å². The van der Waals surface area contributed by atoms with Crippen molar-refractivity contribution >= 4 is 0 Å². The summed E-state index contributed by atoms with van der Waals surface area (Å²) in [5, 5.41) is 9.58. The van der Waals surface area contributed by atoms with Gasteiger partial charge >= 0.3 is 0 Å². The summed E-state index contributed by atoms with van der Waals surface area (Å²) in [7, 11) is 2.23. The Morgan fingerprint density at radius 2 is 1.62 bits per heavy atom. The maximum atomic E-state index is 9.58. The van der Waals surface area contributed by atoms with Crippen molar-refractivity contribution in [3.8, 4) is 6.07 Å². The lowest BCUT2D eigenvalue weighted by Gasteiger charge is -2.50. The highest BCUT2D eigenvalue weighted by Gasteiger charge is 2.41. The van der Waals surface area contributed by atoms with Gasteiger partial charge in [0.05, 0.1) is 12.0 Å². The van der Waals surface area contributed by atoms with Crippen LogP contribution >= 0.6 is 0 Å². The molecule has 0 aromatic rings. The second-order valence-corrected chi connectivity index (χ2v) is 8.50. The van der Waals surface area contributed by atoms with Gasteiger partial charge in [0.25, 0.3) is 0 Å². The summed E-state index contributed by atoms with van der Waals surface area (Å²) in [6, 6.07) is 4.25. The first kappa shape index (κ1) is 16.8. The van der Waals surface area contributed by atoms with Gasteiger partial charge in [-0.2, -0.15) is 5.26 Å². The number of rotatable bonds is 1. The van der Waals surface area contributed by atoms with Gasteiger partial charge in [-0.05, 0) is 51.5 Å². The Bertz CT molecular complexity index is 380. The van der Waals surface area contributed by atoms with E-state index in [-0.39, 0.29) is 5.92 Å². The van der Waals surface area contributed by atoms with E-state index in [4.69, 9.17) is 0 Å². The molecule has 120 valence electrons. The van der Waals surface area contributed by atoms with Crippen LogP contribution in [0.2, 0.25) is 0 Å². The van der Waals surface area contributed by atoms with Gasteiger partial charge in [0.2, 0.25) is 0 Å². The lowest BCUT2D eigenvalue weighted by atomic mass is 9.67. The van der Waals surface area contributed by atoms with E-state index in [0.717, 1.165) is 25.4 Å². The normalized spacial score (nSPS) is 40.0. The first-order valence-corrected chi connectivity index (χ1v) is 8.59. The molecule has 21 heavy (non-hydrogen) atoms. The molecule has 0 aromatic heterocycles. The average Bonchev–Trinajstić information content (AvgIpc) is 2.42. The monoisotopic (exact) mass is 291 g/mol. The quantitative estimate of drug-likeness (QED) is 0.742. The van der Waals surface area contributed by atoms with Gasteiger partial charge in [-0.15, -0.1) is 0 Å². The van der Waals surface area contributed by atoms with E-state index < -0.39 is 0 Å². The average molecular weight is 291 g/mol. The molecule has 1 aliphatic carbocycles. The molecular formula is C18H33N3. The first-order chi connectivity index (χ1) is 9.74. The van der Waals surface area contributed by atoms with E-state index in [9.17, 15) is 5.26 Å². The Morgan fingerprint density at radius 1 is 1.05 bits per heavy atom. The lowest BCUT2D eigenvalue weighted by molar-refractivity contribution is -0.00765. The molecule has 3 nitrogen and oxygen atoms in total. The molecule has 3 heteroatoms. The zero-order chi connectivity index (χ0) is 15.8. The van der Waals surface area contributed by atoms with Gasteiger partial charge in [-0.3, -0.25) is 9.80 Å². The van der Waals surface area contributed by atoms with Crippen LogP contribution in [0, 0.1) is 28.6 Å². The minimum atomic E-state index is 0.228. The Labute approximate surface area is 131 Å². The highest BCUT2D eigenvalue weighted by Crippen LogP contribution is 2.42.